The summed E-state index contributed by atoms with van der Waals surface area (Å²) < 4.78 is 66.0. The van der Waals surface area contributed by atoms with Gasteiger partial charge in [0.1, 0.15) is 0 Å². The van der Waals surface area contributed by atoms with Gasteiger partial charge >= 0.3 is 17.9 Å². The van der Waals surface area contributed by atoms with Crippen molar-refractivity contribution in [3.63, 3.8) is 0 Å². The number of rotatable bonds is 46. The van der Waals surface area contributed by atoms with Crippen molar-refractivity contribution >= 4 is 33.9 Å². The summed E-state index contributed by atoms with van der Waals surface area (Å²) in [6.07, 6.45) is 31.2. The SMILES string of the molecule is C=CC(=O)OCCCCCCCCCCCOc1cc(C(=O)NCCS(=O)(=O)O)cc(OCCCCCCCCCCCOC(=O)C=C)c1OCCCCCCCCCCCOC(=O)C=C. The Kier molecular flexibility index (Phi) is 36.9. The van der Waals surface area contributed by atoms with Crippen LogP contribution in [-0.4, -0.2) is 88.7 Å². The van der Waals surface area contributed by atoms with Crippen molar-refractivity contribution in [2.24, 2.45) is 0 Å². The van der Waals surface area contributed by atoms with Crippen LogP contribution in [0.2, 0.25) is 0 Å². The highest BCUT2D eigenvalue weighted by Crippen LogP contribution is 2.40. The Morgan fingerprint density at radius 3 is 1.02 bits per heavy atom. The molecule has 66 heavy (non-hydrogen) atoms. The molecule has 376 valence electrons. The Hall–Kier alpha value is -4.37. The lowest BCUT2D eigenvalue weighted by atomic mass is 10.1. The van der Waals surface area contributed by atoms with Gasteiger partial charge in [-0.05, 0) is 50.7 Å². The van der Waals surface area contributed by atoms with Gasteiger partial charge in [-0.2, -0.15) is 8.42 Å². The summed E-state index contributed by atoms with van der Waals surface area (Å²) in [6, 6.07) is 3.22. The van der Waals surface area contributed by atoms with E-state index in [1.165, 1.54) is 18.2 Å². The standard InChI is InChI=1S/C51H83NO13S/c1-4-47(53)62-37-30-24-18-12-7-10-16-22-28-35-60-45-42-44(51(56)52-34-41-66(57,58)59)43-46(61-36-29-23-17-11-8-13-19-25-31-38-63-48(54)5-2)50(45)65-40-33-27-21-15-9-14-20-26-32-39-64-49(55)6-3/h4-6,42-43H,1-3,7-41H2,(H,52,56)(H,57,58,59). The van der Waals surface area contributed by atoms with Gasteiger partial charge in [-0.3, -0.25) is 9.35 Å². The molecule has 0 radical (unpaired) electrons. The largest absolute Gasteiger partial charge is 0.490 e. The first-order chi connectivity index (χ1) is 32.0. The summed E-state index contributed by atoms with van der Waals surface area (Å²) in [5.41, 5.74) is 0.234. The number of esters is 3. The van der Waals surface area contributed by atoms with E-state index in [2.05, 4.69) is 25.1 Å². The molecular formula is C51H83NO13S. The molecule has 1 aromatic rings. The molecule has 0 unspecified atom stereocenters. The predicted octanol–water partition coefficient (Wildman–Crippen LogP) is 11.2. The zero-order chi connectivity index (χ0) is 48.4. The molecule has 0 fully saturated rings. The second kappa shape index (κ2) is 40.9. The lowest BCUT2D eigenvalue weighted by molar-refractivity contribution is -0.138. The Balaban J connectivity index is 2.80. The third-order valence-electron chi connectivity index (χ3n) is 10.8. The Morgan fingerprint density at radius 1 is 0.455 bits per heavy atom. The first-order valence-corrected chi connectivity index (χ1v) is 26.3. The maximum Gasteiger partial charge on any atom is 0.330 e. The summed E-state index contributed by atoms with van der Waals surface area (Å²) in [4.78, 5) is 46.8. The lowest BCUT2D eigenvalue weighted by Gasteiger charge is -2.19. The van der Waals surface area contributed by atoms with Crippen LogP contribution in [0.1, 0.15) is 184 Å². The van der Waals surface area contributed by atoms with Gasteiger partial charge in [0.15, 0.2) is 11.5 Å². The number of unbranched alkanes of at least 4 members (excludes halogenated alkanes) is 24. The third-order valence-corrected chi connectivity index (χ3v) is 11.5. The van der Waals surface area contributed by atoms with Crippen molar-refractivity contribution in [3.8, 4) is 17.2 Å². The molecule has 1 aromatic carbocycles. The minimum atomic E-state index is -4.26. The number of amides is 1. The average Bonchev–Trinajstić information content (AvgIpc) is 3.30. The van der Waals surface area contributed by atoms with Gasteiger partial charge in [0.2, 0.25) is 5.75 Å². The van der Waals surface area contributed by atoms with Crippen molar-refractivity contribution < 1.29 is 60.6 Å². The quantitative estimate of drug-likeness (QED) is 0.0207. The molecule has 0 spiro atoms. The van der Waals surface area contributed by atoms with Crippen LogP contribution in [-0.2, 0) is 38.7 Å². The molecule has 0 aliphatic carbocycles. The normalized spacial score (nSPS) is 11.0. The molecule has 1 rings (SSSR count). The number of carbonyl (C=O) groups excluding carboxylic acids is 4. The lowest BCUT2D eigenvalue weighted by Crippen LogP contribution is -2.29. The monoisotopic (exact) mass is 950 g/mol. The number of nitrogens with one attached hydrogen (secondary N) is 1. The molecule has 0 saturated heterocycles. The van der Waals surface area contributed by atoms with E-state index in [9.17, 15) is 32.1 Å². The summed E-state index contributed by atoms with van der Waals surface area (Å²) in [7, 11) is -4.26. The maximum absolute atomic E-state index is 13.3. The van der Waals surface area contributed by atoms with Gasteiger partial charge < -0.3 is 33.7 Å². The van der Waals surface area contributed by atoms with E-state index in [4.69, 9.17) is 28.4 Å². The molecule has 0 atom stereocenters. The van der Waals surface area contributed by atoms with Gasteiger partial charge in [-0.1, -0.05) is 155 Å². The molecule has 2 N–H and O–H groups in total. The highest BCUT2D eigenvalue weighted by atomic mass is 32.2. The second-order valence-corrected chi connectivity index (χ2v) is 18.1. The first kappa shape index (κ1) is 59.6. The maximum atomic E-state index is 13.3. The van der Waals surface area contributed by atoms with Crippen LogP contribution in [0.4, 0.5) is 0 Å². The number of hydrogen-bond donors (Lipinski definition) is 2. The van der Waals surface area contributed by atoms with E-state index in [1.807, 2.05) is 0 Å². The molecular weight excluding hydrogens is 867 g/mol. The van der Waals surface area contributed by atoms with Crippen molar-refractivity contribution in [3.05, 3.63) is 55.7 Å². The van der Waals surface area contributed by atoms with Crippen molar-refractivity contribution in [2.75, 3.05) is 51.9 Å². The van der Waals surface area contributed by atoms with Crippen LogP contribution in [0.3, 0.4) is 0 Å². The smallest absolute Gasteiger partial charge is 0.330 e. The van der Waals surface area contributed by atoms with Crippen LogP contribution < -0.4 is 19.5 Å². The van der Waals surface area contributed by atoms with E-state index in [0.29, 0.717) is 56.9 Å². The fraction of sp³-hybridized carbons (Fsp3) is 0.686. The Morgan fingerprint density at radius 2 is 0.727 bits per heavy atom. The highest BCUT2D eigenvalue weighted by Gasteiger charge is 2.20. The number of benzene rings is 1. The fourth-order valence-electron chi connectivity index (χ4n) is 7.02. The molecule has 15 heteroatoms. The van der Waals surface area contributed by atoms with Crippen LogP contribution in [0.15, 0.2) is 50.1 Å². The van der Waals surface area contributed by atoms with E-state index in [1.54, 1.807) is 12.1 Å². The van der Waals surface area contributed by atoms with Crippen LogP contribution in [0, 0.1) is 0 Å². The highest BCUT2D eigenvalue weighted by molar-refractivity contribution is 7.85. The minimum absolute atomic E-state index is 0.234. The molecule has 0 aliphatic rings. The minimum Gasteiger partial charge on any atom is -0.490 e. The van der Waals surface area contributed by atoms with Gasteiger partial charge in [0, 0.05) is 30.3 Å². The summed E-state index contributed by atoms with van der Waals surface area (Å²) >= 11 is 0. The van der Waals surface area contributed by atoms with Gasteiger partial charge in [-0.25, -0.2) is 14.4 Å². The molecule has 1 amide bonds. The van der Waals surface area contributed by atoms with E-state index in [0.717, 1.165) is 173 Å². The second-order valence-electron chi connectivity index (χ2n) is 16.5. The van der Waals surface area contributed by atoms with Gasteiger partial charge in [0.25, 0.3) is 16.0 Å². The number of hydrogen-bond acceptors (Lipinski definition) is 12. The van der Waals surface area contributed by atoms with E-state index < -0.39 is 21.8 Å². The topological polar surface area (TPSA) is 190 Å². The van der Waals surface area contributed by atoms with Crippen LogP contribution in [0.25, 0.3) is 0 Å². The molecule has 0 heterocycles. The zero-order valence-corrected chi connectivity index (χ0v) is 40.8. The zero-order valence-electron chi connectivity index (χ0n) is 40.0. The fourth-order valence-corrected chi connectivity index (χ4v) is 7.38. The van der Waals surface area contributed by atoms with Crippen molar-refractivity contribution in [2.45, 2.75) is 173 Å². The summed E-state index contributed by atoms with van der Waals surface area (Å²) in [5, 5.41) is 2.57. The van der Waals surface area contributed by atoms with Crippen LogP contribution >= 0.6 is 0 Å². The van der Waals surface area contributed by atoms with Gasteiger partial charge in [0.05, 0.1) is 45.4 Å². The average molecular weight is 950 g/mol. The first-order valence-electron chi connectivity index (χ1n) is 24.7. The van der Waals surface area contributed by atoms with Crippen molar-refractivity contribution in [1.29, 1.82) is 0 Å². The number of ether oxygens (including phenoxy) is 6. The molecule has 0 saturated carbocycles. The predicted molar refractivity (Wildman–Crippen MR) is 260 cm³/mol. The third kappa shape index (κ3) is 34.9. The Bertz CT molecular complexity index is 1550. The van der Waals surface area contributed by atoms with E-state index in [-0.39, 0.29) is 30.0 Å². The molecule has 0 aliphatic heterocycles. The van der Waals surface area contributed by atoms with E-state index >= 15 is 0 Å². The summed E-state index contributed by atoms with van der Waals surface area (Å²) in [5.74, 6) is -1.04. The molecule has 0 bridgehead atoms. The molecule has 14 nitrogen and oxygen atoms in total. The van der Waals surface area contributed by atoms with Crippen molar-refractivity contribution in [1.82, 2.24) is 5.32 Å². The molecule has 0 aromatic heterocycles. The number of carbonyl (C=O) groups is 4. The summed E-state index contributed by atoms with van der Waals surface area (Å²) in [6.45, 7) is 12.5. The van der Waals surface area contributed by atoms with Gasteiger partial charge in [-0.15, -0.1) is 0 Å². The Labute approximate surface area is 396 Å². The van der Waals surface area contributed by atoms with Crippen LogP contribution in [0.5, 0.6) is 17.2 Å².